The highest BCUT2D eigenvalue weighted by molar-refractivity contribution is 5.77. The highest BCUT2D eigenvalue weighted by atomic mass is 16.1. The highest BCUT2D eigenvalue weighted by Crippen LogP contribution is 2.10. The summed E-state index contributed by atoms with van der Waals surface area (Å²) in [6, 6.07) is 1.77. The van der Waals surface area contributed by atoms with Gasteiger partial charge in [-0.25, -0.2) is 0 Å². The van der Waals surface area contributed by atoms with Crippen LogP contribution in [0.25, 0.3) is 6.08 Å². The van der Waals surface area contributed by atoms with Crippen molar-refractivity contribution in [2.24, 2.45) is 5.73 Å². The van der Waals surface area contributed by atoms with Gasteiger partial charge in [0.05, 0.1) is 11.9 Å². The van der Waals surface area contributed by atoms with Gasteiger partial charge >= 0.3 is 0 Å². The van der Waals surface area contributed by atoms with Crippen LogP contribution in [0.5, 0.6) is 0 Å². The first-order chi connectivity index (χ1) is 6.20. The second-order valence-corrected chi connectivity index (χ2v) is 2.58. The summed E-state index contributed by atoms with van der Waals surface area (Å²) in [4.78, 5) is 14.2. The van der Waals surface area contributed by atoms with Gasteiger partial charge < -0.3 is 11.5 Å². The molecule has 1 amide bonds. The second-order valence-electron chi connectivity index (χ2n) is 2.58. The Balaban J connectivity index is 2.68. The summed E-state index contributed by atoms with van der Waals surface area (Å²) in [7, 11) is 0. The lowest BCUT2D eigenvalue weighted by molar-refractivity contribution is -0.117. The first-order valence-corrected chi connectivity index (χ1v) is 3.84. The van der Waals surface area contributed by atoms with Crippen LogP contribution in [0.1, 0.15) is 12.0 Å². The van der Waals surface area contributed by atoms with Crippen LogP contribution in [0, 0.1) is 0 Å². The number of nitrogens with zero attached hydrogens (tertiary/aromatic N) is 1. The quantitative estimate of drug-likeness (QED) is 0.707. The lowest BCUT2D eigenvalue weighted by Crippen LogP contribution is -2.07. The molecule has 1 rings (SSSR count). The fraction of sp³-hybridized carbons (Fsp3) is 0.111. The van der Waals surface area contributed by atoms with Gasteiger partial charge in [-0.05, 0) is 6.07 Å². The molecule has 1 heterocycles. The third-order valence-electron chi connectivity index (χ3n) is 1.50. The van der Waals surface area contributed by atoms with Crippen LogP contribution in [0.15, 0.2) is 24.5 Å². The average Bonchev–Trinajstić information content (AvgIpc) is 2.08. The predicted octanol–water partition coefficient (Wildman–Crippen LogP) is 0.552. The molecular formula is C9H11N3O. The molecule has 13 heavy (non-hydrogen) atoms. The normalized spacial score (nSPS) is 10.5. The zero-order valence-corrected chi connectivity index (χ0v) is 7.10. The summed E-state index contributed by atoms with van der Waals surface area (Å²) in [5, 5.41) is 0. The molecule has 0 radical (unpaired) electrons. The van der Waals surface area contributed by atoms with E-state index in [0.717, 1.165) is 5.56 Å². The maximum absolute atomic E-state index is 10.4. The molecule has 1 aromatic heterocycles. The van der Waals surface area contributed by atoms with Crippen LogP contribution < -0.4 is 11.5 Å². The minimum atomic E-state index is -0.358. The van der Waals surface area contributed by atoms with Crippen molar-refractivity contribution in [3.8, 4) is 0 Å². The Labute approximate surface area is 76.3 Å². The second kappa shape index (κ2) is 4.25. The van der Waals surface area contributed by atoms with Crippen molar-refractivity contribution < 1.29 is 4.79 Å². The van der Waals surface area contributed by atoms with Crippen LogP contribution in [0.3, 0.4) is 0 Å². The molecule has 4 heteroatoms. The van der Waals surface area contributed by atoms with Crippen molar-refractivity contribution >= 4 is 17.7 Å². The predicted molar refractivity (Wildman–Crippen MR) is 51.5 cm³/mol. The molecule has 0 aliphatic heterocycles. The standard InChI is InChI=1S/C9H11N3O/c10-8-6-12-5-4-7(8)2-1-3-9(11)13/h1-2,4-6H,3,10H2,(H2,11,13). The molecule has 1 aromatic rings. The number of aromatic nitrogens is 1. The number of pyridine rings is 1. The van der Waals surface area contributed by atoms with E-state index in [2.05, 4.69) is 4.98 Å². The third-order valence-corrected chi connectivity index (χ3v) is 1.50. The van der Waals surface area contributed by atoms with Gasteiger partial charge in [-0.2, -0.15) is 0 Å². The van der Waals surface area contributed by atoms with E-state index in [4.69, 9.17) is 11.5 Å². The van der Waals surface area contributed by atoms with Gasteiger partial charge in [-0.3, -0.25) is 9.78 Å². The van der Waals surface area contributed by atoms with E-state index in [1.807, 2.05) is 0 Å². The number of amides is 1. The monoisotopic (exact) mass is 177 g/mol. The highest BCUT2D eigenvalue weighted by Gasteiger charge is 1.92. The molecule has 68 valence electrons. The maximum atomic E-state index is 10.4. The van der Waals surface area contributed by atoms with Crippen molar-refractivity contribution in [1.29, 1.82) is 0 Å². The first-order valence-electron chi connectivity index (χ1n) is 3.84. The van der Waals surface area contributed by atoms with E-state index in [1.54, 1.807) is 30.6 Å². The lowest BCUT2D eigenvalue weighted by atomic mass is 10.2. The van der Waals surface area contributed by atoms with Gasteiger partial charge in [0, 0.05) is 18.2 Å². The smallest absolute Gasteiger partial charge is 0.221 e. The molecule has 0 aromatic carbocycles. The van der Waals surface area contributed by atoms with Gasteiger partial charge in [-0.1, -0.05) is 12.2 Å². The van der Waals surface area contributed by atoms with Gasteiger partial charge in [-0.15, -0.1) is 0 Å². The number of carbonyl (C=O) groups excluding carboxylic acids is 1. The molecule has 4 nitrogen and oxygen atoms in total. The fourth-order valence-corrected chi connectivity index (χ4v) is 0.871. The van der Waals surface area contributed by atoms with E-state index in [-0.39, 0.29) is 12.3 Å². The molecule has 0 bridgehead atoms. The lowest BCUT2D eigenvalue weighted by Gasteiger charge is -1.96. The first kappa shape index (κ1) is 9.25. The number of rotatable bonds is 3. The SMILES string of the molecule is NC(=O)CC=Cc1ccncc1N. The van der Waals surface area contributed by atoms with Crippen molar-refractivity contribution in [2.75, 3.05) is 5.73 Å². The Hall–Kier alpha value is -1.84. The zero-order valence-electron chi connectivity index (χ0n) is 7.10. The summed E-state index contributed by atoms with van der Waals surface area (Å²) < 4.78 is 0. The summed E-state index contributed by atoms with van der Waals surface area (Å²) in [6.45, 7) is 0. The topological polar surface area (TPSA) is 82.0 Å². The van der Waals surface area contributed by atoms with Crippen molar-refractivity contribution in [3.63, 3.8) is 0 Å². The number of nitrogen functional groups attached to an aromatic ring is 1. The Morgan fingerprint density at radius 3 is 3.00 bits per heavy atom. The Morgan fingerprint density at radius 2 is 2.38 bits per heavy atom. The number of carbonyl (C=O) groups is 1. The summed E-state index contributed by atoms with van der Waals surface area (Å²) in [5.41, 5.74) is 12.0. The third kappa shape index (κ3) is 2.94. The number of anilines is 1. The van der Waals surface area contributed by atoms with E-state index in [0.29, 0.717) is 5.69 Å². The van der Waals surface area contributed by atoms with Gasteiger partial charge in [0.2, 0.25) is 5.91 Å². The van der Waals surface area contributed by atoms with E-state index < -0.39 is 0 Å². The van der Waals surface area contributed by atoms with E-state index in [1.165, 1.54) is 0 Å². The maximum Gasteiger partial charge on any atom is 0.221 e. The molecule has 4 N–H and O–H groups in total. The summed E-state index contributed by atoms with van der Waals surface area (Å²) in [5.74, 6) is -0.358. The van der Waals surface area contributed by atoms with Gasteiger partial charge in [0.1, 0.15) is 0 Å². The number of hydrogen-bond acceptors (Lipinski definition) is 3. The van der Waals surface area contributed by atoms with Crippen LogP contribution >= 0.6 is 0 Å². The summed E-state index contributed by atoms with van der Waals surface area (Å²) in [6.07, 6.45) is 6.85. The van der Waals surface area contributed by atoms with Crippen LogP contribution in [-0.2, 0) is 4.79 Å². The molecule has 0 atom stereocenters. The van der Waals surface area contributed by atoms with Gasteiger partial charge in [0.15, 0.2) is 0 Å². The number of primary amides is 1. The minimum absolute atomic E-state index is 0.224. The molecule has 0 unspecified atom stereocenters. The Bertz CT molecular complexity index is 333. The number of hydrogen-bond donors (Lipinski definition) is 2. The summed E-state index contributed by atoms with van der Waals surface area (Å²) >= 11 is 0. The van der Waals surface area contributed by atoms with Crippen molar-refractivity contribution in [1.82, 2.24) is 4.98 Å². The minimum Gasteiger partial charge on any atom is -0.397 e. The molecule has 0 saturated heterocycles. The Kier molecular flexibility index (Phi) is 3.03. The number of nitrogens with two attached hydrogens (primary N) is 2. The molecular weight excluding hydrogens is 166 g/mol. The molecule has 0 saturated carbocycles. The molecule has 0 spiro atoms. The van der Waals surface area contributed by atoms with E-state index in [9.17, 15) is 4.79 Å². The van der Waals surface area contributed by atoms with Crippen LogP contribution in [0.2, 0.25) is 0 Å². The molecule has 0 aliphatic rings. The van der Waals surface area contributed by atoms with Crippen LogP contribution in [-0.4, -0.2) is 10.9 Å². The average molecular weight is 177 g/mol. The molecule has 0 aliphatic carbocycles. The van der Waals surface area contributed by atoms with Crippen molar-refractivity contribution in [2.45, 2.75) is 6.42 Å². The van der Waals surface area contributed by atoms with Gasteiger partial charge in [0.25, 0.3) is 0 Å². The zero-order chi connectivity index (χ0) is 9.68. The van der Waals surface area contributed by atoms with Crippen LogP contribution in [0.4, 0.5) is 5.69 Å². The van der Waals surface area contributed by atoms with Crippen molar-refractivity contribution in [3.05, 3.63) is 30.1 Å². The Morgan fingerprint density at radius 1 is 1.62 bits per heavy atom. The molecule has 0 fully saturated rings. The largest absolute Gasteiger partial charge is 0.397 e. The fourth-order valence-electron chi connectivity index (χ4n) is 0.871. The van der Waals surface area contributed by atoms with E-state index >= 15 is 0 Å².